The van der Waals surface area contributed by atoms with Gasteiger partial charge >= 0.3 is 0 Å². The van der Waals surface area contributed by atoms with E-state index in [1.807, 2.05) is 18.2 Å². The molecule has 2 aromatic rings. The van der Waals surface area contributed by atoms with Gasteiger partial charge in [-0.2, -0.15) is 5.10 Å². The van der Waals surface area contributed by atoms with Gasteiger partial charge in [-0.05, 0) is 29.3 Å². The Morgan fingerprint density at radius 3 is 2.68 bits per heavy atom. The number of hydrogen-bond donors (Lipinski definition) is 2. The monoisotopic (exact) mass is 318 g/mol. The Bertz CT molecular complexity index is 674. The first-order chi connectivity index (χ1) is 10.6. The normalized spacial score (nSPS) is 12.3. The zero-order chi connectivity index (χ0) is 15.9. The van der Waals surface area contributed by atoms with Gasteiger partial charge in [-0.3, -0.25) is 4.79 Å². The molecule has 0 spiro atoms. The van der Waals surface area contributed by atoms with Crippen molar-refractivity contribution in [3.05, 3.63) is 64.7 Å². The minimum atomic E-state index is -0.734. The second-order valence-corrected chi connectivity index (χ2v) is 4.88. The maximum Gasteiger partial charge on any atom is 0.273 e. The van der Waals surface area contributed by atoms with Crippen molar-refractivity contribution < 1.29 is 14.6 Å². The van der Waals surface area contributed by atoms with E-state index in [2.05, 4.69) is 10.5 Å². The van der Waals surface area contributed by atoms with E-state index < -0.39 is 6.10 Å². The summed E-state index contributed by atoms with van der Waals surface area (Å²) in [6, 6.07) is 13.7. The van der Waals surface area contributed by atoms with Crippen molar-refractivity contribution in [3.63, 3.8) is 0 Å². The molecule has 0 aliphatic rings. The number of nitrogens with zero attached hydrogens (tertiary/aromatic N) is 1. The lowest BCUT2D eigenvalue weighted by Gasteiger charge is -2.13. The van der Waals surface area contributed by atoms with Gasteiger partial charge in [0.15, 0.2) is 6.10 Å². The summed E-state index contributed by atoms with van der Waals surface area (Å²) in [5.74, 6) is -0.388. The molecule has 1 unspecified atom stereocenters. The number of hydrazone groups is 1. The van der Waals surface area contributed by atoms with E-state index in [-0.39, 0.29) is 16.7 Å². The molecule has 0 radical (unpaired) electrons. The summed E-state index contributed by atoms with van der Waals surface area (Å²) in [6.45, 7) is 0. The average molecular weight is 319 g/mol. The highest BCUT2D eigenvalue weighted by atomic mass is 35.5. The highest BCUT2D eigenvalue weighted by Crippen LogP contribution is 2.22. The quantitative estimate of drug-likeness (QED) is 0.658. The molecule has 0 bridgehead atoms. The zero-order valence-electron chi connectivity index (χ0n) is 11.9. The molecular weight excluding hydrogens is 304 g/mol. The number of nitrogens with one attached hydrogen (secondary N) is 1. The fourth-order valence-corrected chi connectivity index (χ4v) is 2.04. The van der Waals surface area contributed by atoms with Gasteiger partial charge in [-0.1, -0.05) is 41.9 Å². The van der Waals surface area contributed by atoms with Gasteiger partial charge in [0.25, 0.3) is 5.91 Å². The number of benzene rings is 2. The van der Waals surface area contributed by atoms with Crippen LogP contribution in [0.4, 0.5) is 0 Å². The van der Waals surface area contributed by atoms with Gasteiger partial charge in [0.05, 0.1) is 11.2 Å². The minimum absolute atomic E-state index is 0.00798. The highest BCUT2D eigenvalue weighted by Gasteiger charge is 2.18. The molecule has 2 N–H and O–H groups in total. The van der Waals surface area contributed by atoms with Crippen LogP contribution in [0.15, 0.2) is 53.6 Å². The molecule has 0 fully saturated rings. The van der Waals surface area contributed by atoms with Crippen LogP contribution < -0.4 is 5.43 Å². The summed E-state index contributed by atoms with van der Waals surface area (Å²) >= 11 is 5.79. The Kier molecular flexibility index (Phi) is 5.52. The Balaban J connectivity index is 2.02. The smallest absolute Gasteiger partial charge is 0.273 e. The van der Waals surface area contributed by atoms with Crippen LogP contribution in [0.3, 0.4) is 0 Å². The topological polar surface area (TPSA) is 70.9 Å². The Morgan fingerprint density at radius 2 is 2.05 bits per heavy atom. The lowest BCUT2D eigenvalue weighted by Crippen LogP contribution is -2.26. The number of carbonyl (C=O) groups excluding carboxylic acids is 1. The van der Waals surface area contributed by atoms with Crippen LogP contribution in [0.1, 0.15) is 17.2 Å². The third kappa shape index (κ3) is 4.07. The molecule has 2 rings (SSSR count). The van der Waals surface area contributed by atoms with E-state index >= 15 is 0 Å². The maximum absolute atomic E-state index is 12.1. The predicted octanol–water partition coefficient (Wildman–Crippen LogP) is 2.88. The summed E-state index contributed by atoms with van der Waals surface area (Å²) in [5, 5.41) is 13.4. The predicted molar refractivity (Wildman–Crippen MR) is 85.0 cm³/mol. The van der Waals surface area contributed by atoms with Gasteiger partial charge in [0.2, 0.25) is 0 Å². The largest absolute Gasteiger partial charge is 0.506 e. The molecule has 1 atom stereocenters. The summed E-state index contributed by atoms with van der Waals surface area (Å²) in [4.78, 5) is 12.1. The SMILES string of the molecule is COC(C(=O)N/N=C/c1ccc(O)c(Cl)c1)c1ccccc1. The first kappa shape index (κ1) is 16.0. The first-order valence-corrected chi connectivity index (χ1v) is 6.89. The molecule has 6 heteroatoms. The number of phenols is 1. The summed E-state index contributed by atoms with van der Waals surface area (Å²) < 4.78 is 5.20. The molecule has 0 saturated heterocycles. The minimum Gasteiger partial charge on any atom is -0.506 e. The third-order valence-electron chi connectivity index (χ3n) is 2.94. The van der Waals surface area contributed by atoms with Crippen LogP contribution >= 0.6 is 11.6 Å². The lowest BCUT2D eigenvalue weighted by atomic mass is 10.1. The molecule has 0 aromatic heterocycles. The Labute approximate surface area is 133 Å². The van der Waals surface area contributed by atoms with E-state index in [4.69, 9.17) is 16.3 Å². The molecular formula is C16H15ClN2O3. The molecule has 5 nitrogen and oxygen atoms in total. The van der Waals surface area contributed by atoms with Crippen molar-refractivity contribution >= 4 is 23.7 Å². The van der Waals surface area contributed by atoms with Crippen molar-refractivity contribution in [2.24, 2.45) is 5.10 Å². The van der Waals surface area contributed by atoms with Gasteiger partial charge < -0.3 is 9.84 Å². The van der Waals surface area contributed by atoms with Crippen molar-refractivity contribution in [3.8, 4) is 5.75 Å². The number of carbonyl (C=O) groups is 1. The number of hydrogen-bond acceptors (Lipinski definition) is 4. The number of rotatable bonds is 5. The van der Waals surface area contributed by atoms with Crippen LogP contribution in [0.5, 0.6) is 5.75 Å². The fraction of sp³-hybridized carbons (Fsp3) is 0.125. The van der Waals surface area contributed by atoms with Crippen LogP contribution in [0.2, 0.25) is 5.02 Å². The first-order valence-electron chi connectivity index (χ1n) is 6.51. The molecule has 1 amide bonds. The fourth-order valence-electron chi connectivity index (χ4n) is 1.85. The summed E-state index contributed by atoms with van der Waals surface area (Å²) in [7, 11) is 1.46. The number of ether oxygens (including phenoxy) is 1. The number of amides is 1. The second kappa shape index (κ2) is 7.59. The highest BCUT2D eigenvalue weighted by molar-refractivity contribution is 6.32. The van der Waals surface area contributed by atoms with E-state index in [0.717, 1.165) is 5.56 Å². The van der Waals surface area contributed by atoms with Crippen molar-refractivity contribution in [2.75, 3.05) is 7.11 Å². The summed E-state index contributed by atoms with van der Waals surface area (Å²) in [5.41, 5.74) is 3.81. The Morgan fingerprint density at radius 1 is 1.32 bits per heavy atom. The van der Waals surface area contributed by atoms with E-state index in [9.17, 15) is 9.90 Å². The second-order valence-electron chi connectivity index (χ2n) is 4.47. The van der Waals surface area contributed by atoms with Crippen LogP contribution in [-0.4, -0.2) is 24.3 Å². The average Bonchev–Trinajstić information content (AvgIpc) is 2.52. The van der Waals surface area contributed by atoms with Crippen LogP contribution in [-0.2, 0) is 9.53 Å². The molecule has 0 aliphatic heterocycles. The third-order valence-corrected chi connectivity index (χ3v) is 3.24. The standard InChI is InChI=1S/C16H15ClN2O3/c1-22-15(12-5-3-2-4-6-12)16(21)19-18-10-11-7-8-14(20)13(17)9-11/h2-10,15,20H,1H3,(H,19,21)/b18-10+. The van der Waals surface area contributed by atoms with Crippen LogP contribution in [0.25, 0.3) is 0 Å². The molecule has 114 valence electrons. The molecule has 0 saturated carbocycles. The zero-order valence-corrected chi connectivity index (χ0v) is 12.6. The van der Waals surface area contributed by atoms with Gasteiger partial charge in [-0.15, -0.1) is 0 Å². The van der Waals surface area contributed by atoms with E-state index in [1.54, 1.807) is 18.2 Å². The number of aromatic hydroxyl groups is 1. The van der Waals surface area contributed by atoms with Gasteiger partial charge in [0, 0.05) is 7.11 Å². The molecule has 2 aromatic carbocycles. The maximum atomic E-state index is 12.1. The molecule has 0 heterocycles. The number of phenolic OH excluding ortho intramolecular Hbond substituents is 1. The van der Waals surface area contributed by atoms with E-state index in [0.29, 0.717) is 5.56 Å². The van der Waals surface area contributed by atoms with Crippen molar-refractivity contribution in [1.82, 2.24) is 5.43 Å². The van der Waals surface area contributed by atoms with Crippen LogP contribution in [0, 0.1) is 0 Å². The number of methoxy groups -OCH3 is 1. The van der Waals surface area contributed by atoms with Crippen molar-refractivity contribution in [1.29, 1.82) is 0 Å². The van der Waals surface area contributed by atoms with Gasteiger partial charge in [0.1, 0.15) is 5.75 Å². The Hall–Kier alpha value is -2.37. The van der Waals surface area contributed by atoms with E-state index in [1.165, 1.54) is 25.5 Å². The summed E-state index contributed by atoms with van der Waals surface area (Å²) in [6.07, 6.45) is 0.697. The van der Waals surface area contributed by atoms with Crippen molar-refractivity contribution in [2.45, 2.75) is 6.10 Å². The lowest BCUT2D eigenvalue weighted by molar-refractivity contribution is -0.131. The van der Waals surface area contributed by atoms with Gasteiger partial charge in [-0.25, -0.2) is 5.43 Å². The number of halogens is 1. The molecule has 0 aliphatic carbocycles. The molecule has 22 heavy (non-hydrogen) atoms.